The predicted molar refractivity (Wildman–Crippen MR) is 129 cm³/mol. The Hall–Kier alpha value is -2.95. The summed E-state index contributed by atoms with van der Waals surface area (Å²) in [6.07, 6.45) is -9.03. The molecular formula is C26H27ClF6N2O3. The van der Waals surface area contributed by atoms with E-state index in [9.17, 15) is 35.9 Å². The van der Waals surface area contributed by atoms with Gasteiger partial charge in [0.05, 0.1) is 28.5 Å². The zero-order valence-corrected chi connectivity index (χ0v) is 21.1. The van der Waals surface area contributed by atoms with E-state index < -0.39 is 52.5 Å². The number of carbonyl (C=O) groups is 2. The molecule has 1 saturated carbocycles. The highest BCUT2D eigenvalue weighted by atomic mass is 35.5. The first kappa shape index (κ1) is 29.6. The molecule has 12 heteroatoms. The lowest BCUT2D eigenvalue weighted by Crippen LogP contribution is -2.52. The van der Waals surface area contributed by atoms with Gasteiger partial charge in [0.25, 0.3) is 0 Å². The van der Waals surface area contributed by atoms with Crippen LogP contribution in [0.15, 0.2) is 48.5 Å². The van der Waals surface area contributed by atoms with Crippen LogP contribution in [0, 0.1) is 0 Å². The Bertz CT molecular complexity index is 1080. The van der Waals surface area contributed by atoms with E-state index in [0.717, 1.165) is 5.56 Å². The molecule has 0 unspecified atom stereocenters. The molecule has 0 saturated heterocycles. The van der Waals surface area contributed by atoms with Crippen LogP contribution < -0.4 is 10.6 Å². The van der Waals surface area contributed by atoms with Crippen LogP contribution in [0.2, 0.25) is 0 Å². The van der Waals surface area contributed by atoms with E-state index in [1.807, 2.05) is 0 Å². The SMILES string of the molecule is C[C@H](C(=O)NC1(c2ccccc2)CCC(NC(=O)OCCCl)CC1)c1cc(C(F)(F)F)cc(C(F)(F)F)c1. The largest absolute Gasteiger partial charge is 0.448 e. The van der Waals surface area contributed by atoms with Crippen molar-refractivity contribution in [3.63, 3.8) is 0 Å². The van der Waals surface area contributed by atoms with Crippen molar-refractivity contribution in [2.24, 2.45) is 0 Å². The third-order valence-corrected chi connectivity index (χ3v) is 6.82. The van der Waals surface area contributed by atoms with Crippen molar-refractivity contribution in [1.82, 2.24) is 10.6 Å². The molecule has 0 heterocycles. The molecule has 2 aromatic rings. The maximum atomic E-state index is 13.3. The second kappa shape index (κ2) is 11.8. The molecule has 0 aromatic heterocycles. The zero-order valence-electron chi connectivity index (χ0n) is 20.4. The quantitative estimate of drug-likeness (QED) is 0.289. The Kier molecular flexibility index (Phi) is 9.22. The molecule has 2 N–H and O–H groups in total. The lowest BCUT2D eigenvalue weighted by molar-refractivity contribution is -0.143. The van der Waals surface area contributed by atoms with Gasteiger partial charge >= 0.3 is 18.4 Å². The van der Waals surface area contributed by atoms with Crippen LogP contribution in [0.4, 0.5) is 31.1 Å². The van der Waals surface area contributed by atoms with Gasteiger partial charge in [0.1, 0.15) is 6.61 Å². The summed E-state index contributed by atoms with van der Waals surface area (Å²) < 4.78 is 85.0. The molecule has 2 amide bonds. The van der Waals surface area contributed by atoms with Crippen LogP contribution in [0.5, 0.6) is 0 Å². The fourth-order valence-corrected chi connectivity index (χ4v) is 4.64. The summed E-state index contributed by atoms with van der Waals surface area (Å²) in [5.74, 6) is -1.87. The molecule has 0 aliphatic heterocycles. The zero-order chi connectivity index (χ0) is 28.1. The minimum absolute atomic E-state index is 0.0337. The van der Waals surface area contributed by atoms with Gasteiger partial charge in [-0.2, -0.15) is 26.3 Å². The van der Waals surface area contributed by atoms with Crippen molar-refractivity contribution in [1.29, 1.82) is 0 Å². The van der Waals surface area contributed by atoms with Gasteiger partial charge in [0, 0.05) is 6.04 Å². The van der Waals surface area contributed by atoms with Crippen LogP contribution >= 0.6 is 11.6 Å². The average Bonchev–Trinajstić information content (AvgIpc) is 2.87. The standard InChI is InChI=1S/C26H27ClF6N2O3/c1-16(17-13-19(25(28,29)30)15-20(14-17)26(31,32)33)22(36)35-24(18-5-3-2-4-6-18)9-7-21(8-10-24)34-23(37)38-12-11-27/h2-6,13-16,21H,7-12H2,1H3,(H,34,37)(H,35,36)/t16-,21?,24?/m0/s1. The van der Waals surface area contributed by atoms with Crippen molar-refractivity contribution < 1.29 is 40.7 Å². The Morgan fingerprint density at radius 3 is 2.05 bits per heavy atom. The minimum atomic E-state index is -5.02. The molecule has 208 valence electrons. The Morgan fingerprint density at radius 1 is 1.00 bits per heavy atom. The highest BCUT2D eigenvalue weighted by Crippen LogP contribution is 2.40. The van der Waals surface area contributed by atoms with Crippen LogP contribution in [-0.2, 0) is 27.4 Å². The maximum absolute atomic E-state index is 13.3. The number of alkyl carbamates (subject to hydrolysis) is 1. The Morgan fingerprint density at radius 2 is 1.55 bits per heavy atom. The average molecular weight is 565 g/mol. The Labute approximate surface area is 220 Å². The second-order valence-electron chi connectivity index (χ2n) is 9.24. The number of carbonyl (C=O) groups excluding carboxylic acids is 2. The molecule has 5 nitrogen and oxygen atoms in total. The van der Waals surface area contributed by atoms with Crippen molar-refractivity contribution in [3.05, 3.63) is 70.8 Å². The first-order chi connectivity index (χ1) is 17.7. The highest BCUT2D eigenvalue weighted by Gasteiger charge is 2.41. The number of alkyl halides is 7. The molecule has 3 rings (SSSR count). The third kappa shape index (κ3) is 7.33. The number of nitrogens with one attached hydrogen (secondary N) is 2. The molecule has 2 aromatic carbocycles. The van der Waals surface area contributed by atoms with Crippen molar-refractivity contribution in [2.75, 3.05) is 12.5 Å². The summed E-state index contributed by atoms with van der Waals surface area (Å²) in [7, 11) is 0. The first-order valence-electron chi connectivity index (χ1n) is 11.9. The predicted octanol–water partition coefficient (Wildman–Crippen LogP) is 6.75. The number of halogens is 7. The molecule has 38 heavy (non-hydrogen) atoms. The summed E-state index contributed by atoms with van der Waals surface area (Å²) in [5.41, 5.74) is -3.55. The van der Waals surface area contributed by atoms with Gasteiger partial charge in [-0.05, 0) is 61.9 Å². The van der Waals surface area contributed by atoms with E-state index in [4.69, 9.17) is 16.3 Å². The van der Waals surface area contributed by atoms with Gasteiger partial charge in [-0.25, -0.2) is 4.79 Å². The lowest BCUT2D eigenvalue weighted by atomic mass is 9.74. The van der Waals surface area contributed by atoms with Gasteiger partial charge in [0.15, 0.2) is 0 Å². The number of ether oxygens (including phenoxy) is 1. The van der Waals surface area contributed by atoms with E-state index in [-0.39, 0.29) is 24.6 Å². The highest BCUT2D eigenvalue weighted by molar-refractivity contribution is 6.18. The summed E-state index contributed by atoms with van der Waals surface area (Å²) in [5, 5.41) is 5.65. The van der Waals surface area contributed by atoms with E-state index in [1.54, 1.807) is 30.3 Å². The monoisotopic (exact) mass is 564 g/mol. The van der Waals surface area contributed by atoms with Crippen LogP contribution in [0.1, 0.15) is 60.8 Å². The molecule has 1 fully saturated rings. The van der Waals surface area contributed by atoms with Crippen LogP contribution in [0.25, 0.3) is 0 Å². The van der Waals surface area contributed by atoms with Crippen LogP contribution in [-0.4, -0.2) is 30.5 Å². The fourth-order valence-electron chi connectivity index (χ4n) is 4.56. The van der Waals surface area contributed by atoms with Gasteiger partial charge in [0.2, 0.25) is 5.91 Å². The van der Waals surface area contributed by atoms with E-state index >= 15 is 0 Å². The van der Waals surface area contributed by atoms with Gasteiger partial charge < -0.3 is 15.4 Å². The van der Waals surface area contributed by atoms with Crippen molar-refractivity contribution in [3.8, 4) is 0 Å². The second-order valence-corrected chi connectivity index (χ2v) is 9.62. The molecule has 1 aliphatic carbocycles. The lowest BCUT2D eigenvalue weighted by Gasteiger charge is -2.42. The van der Waals surface area contributed by atoms with E-state index in [2.05, 4.69) is 10.6 Å². The molecule has 0 bridgehead atoms. The molecule has 0 spiro atoms. The summed E-state index contributed by atoms with van der Waals surface area (Å²) in [4.78, 5) is 25.2. The third-order valence-electron chi connectivity index (χ3n) is 6.66. The summed E-state index contributed by atoms with van der Waals surface area (Å²) >= 11 is 5.52. The van der Waals surface area contributed by atoms with E-state index in [1.165, 1.54) is 6.92 Å². The fraction of sp³-hybridized carbons (Fsp3) is 0.462. The number of hydrogen-bond acceptors (Lipinski definition) is 3. The molecule has 1 aliphatic rings. The van der Waals surface area contributed by atoms with Crippen LogP contribution in [0.3, 0.4) is 0 Å². The van der Waals surface area contributed by atoms with Crippen molar-refractivity contribution >= 4 is 23.6 Å². The molecule has 0 radical (unpaired) electrons. The number of rotatable bonds is 7. The normalized spacial score (nSPS) is 20.9. The molecule has 1 atom stereocenters. The summed E-state index contributed by atoms with van der Waals surface area (Å²) in [6, 6.07) is 9.82. The molecular weight excluding hydrogens is 538 g/mol. The number of hydrogen-bond donors (Lipinski definition) is 2. The van der Waals surface area contributed by atoms with E-state index in [0.29, 0.717) is 37.8 Å². The smallest absolute Gasteiger partial charge is 0.416 e. The number of benzene rings is 2. The van der Waals surface area contributed by atoms with Gasteiger partial charge in [-0.1, -0.05) is 30.3 Å². The summed E-state index contributed by atoms with van der Waals surface area (Å²) in [6.45, 7) is 1.32. The maximum Gasteiger partial charge on any atom is 0.416 e. The van der Waals surface area contributed by atoms with Crippen molar-refractivity contribution in [2.45, 2.75) is 62.5 Å². The Balaban J connectivity index is 1.85. The topological polar surface area (TPSA) is 67.4 Å². The van der Waals surface area contributed by atoms with Gasteiger partial charge in [-0.15, -0.1) is 11.6 Å². The minimum Gasteiger partial charge on any atom is -0.448 e. The number of amides is 2. The first-order valence-corrected chi connectivity index (χ1v) is 12.4. The van der Waals surface area contributed by atoms with Gasteiger partial charge in [-0.3, -0.25) is 4.79 Å².